The SMILES string of the molecule is CC(=O)OCC1=C(C(=O)O)N2C(=O)[C@@H](NC(=O)C(NC(=O)c3csccc3=O)c3csc(N)n3)[C@H]2SC1. The van der Waals surface area contributed by atoms with Gasteiger partial charge in [0.25, 0.3) is 11.8 Å². The number of amides is 3. The highest BCUT2D eigenvalue weighted by molar-refractivity contribution is 8.00. The number of nitrogens with zero attached hydrogens (tertiary/aromatic N) is 2. The molecule has 0 saturated carbocycles. The first kappa shape index (κ1) is 26.3. The van der Waals surface area contributed by atoms with E-state index in [4.69, 9.17) is 10.5 Å². The van der Waals surface area contributed by atoms with Gasteiger partial charge >= 0.3 is 11.9 Å². The zero-order valence-electron chi connectivity index (χ0n) is 19.0. The van der Waals surface area contributed by atoms with Gasteiger partial charge in [-0.05, 0) is 11.4 Å². The Kier molecular flexibility index (Phi) is 7.60. The lowest BCUT2D eigenvalue weighted by Gasteiger charge is -2.49. The van der Waals surface area contributed by atoms with Crippen LogP contribution in [0.2, 0.25) is 0 Å². The topological polar surface area (TPSA) is 198 Å². The van der Waals surface area contributed by atoms with Crippen LogP contribution in [0, 0.1) is 0 Å². The van der Waals surface area contributed by atoms with Crippen LogP contribution in [0.4, 0.5) is 5.13 Å². The Morgan fingerprint density at radius 1 is 1.30 bits per heavy atom. The molecule has 3 atom stereocenters. The summed E-state index contributed by atoms with van der Waals surface area (Å²) in [6, 6.07) is -1.25. The summed E-state index contributed by atoms with van der Waals surface area (Å²) in [6.07, 6.45) is 0. The molecule has 4 rings (SSSR count). The first-order valence-electron chi connectivity index (χ1n) is 10.5. The summed E-state index contributed by atoms with van der Waals surface area (Å²) in [5.74, 6) is -4.10. The van der Waals surface area contributed by atoms with E-state index in [1.54, 1.807) is 0 Å². The molecule has 1 saturated heterocycles. The van der Waals surface area contributed by atoms with Crippen molar-refractivity contribution in [3.05, 3.63) is 55.0 Å². The van der Waals surface area contributed by atoms with Crippen LogP contribution in [0.3, 0.4) is 0 Å². The molecule has 16 heteroatoms. The molecule has 194 valence electrons. The fourth-order valence-electron chi connectivity index (χ4n) is 3.66. The summed E-state index contributed by atoms with van der Waals surface area (Å²) >= 11 is 3.35. The Balaban J connectivity index is 1.54. The van der Waals surface area contributed by atoms with E-state index < -0.39 is 52.5 Å². The molecule has 0 spiro atoms. The van der Waals surface area contributed by atoms with Gasteiger partial charge in [0.1, 0.15) is 23.7 Å². The van der Waals surface area contributed by atoms with Crippen molar-refractivity contribution in [2.45, 2.75) is 24.4 Å². The smallest absolute Gasteiger partial charge is 0.352 e. The summed E-state index contributed by atoms with van der Waals surface area (Å²) in [6.45, 7) is 0.903. The lowest BCUT2D eigenvalue weighted by Crippen LogP contribution is -2.71. The monoisotopic (exact) mass is 565 g/mol. The molecule has 2 aliphatic heterocycles. The number of thiazole rings is 1. The van der Waals surface area contributed by atoms with Crippen molar-refractivity contribution in [3.8, 4) is 0 Å². The Morgan fingerprint density at radius 2 is 2.05 bits per heavy atom. The predicted molar refractivity (Wildman–Crippen MR) is 134 cm³/mol. The maximum Gasteiger partial charge on any atom is 0.352 e. The minimum absolute atomic E-state index is 0.107. The van der Waals surface area contributed by atoms with Gasteiger partial charge in [0.15, 0.2) is 16.6 Å². The number of fused-ring (bicyclic) bond motifs is 1. The quantitative estimate of drug-likeness (QED) is 0.247. The van der Waals surface area contributed by atoms with Crippen molar-refractivity contribution in [1.82, 2.24) is 20.5 Å². The number of esters is 1. The van der Waals surface area contributed by atoms with Gasteiger partial charge in [0, 0.05) is 29.0 Å². The zero-order valence-corrected chi connectivity index (χ0v) is 21.4. The van der Waals surface area contributed by atoms with E-state index in [1.807, 2.05) is 0 Å². The normalized spacial score (nSPS) is 19.4. The molecule has 2 aromatic rings. The van der Waals surface area contributed by atoms with Crippen LogP contribution in [-0.2, 0) is 23.9 Å². The third kappa shape index (κ3) is 5.35. The molecule has 4 heterocycles. The van der Waals surface area contributed by atoms with Crippen LogP contribution in [0.25, 0.3) is 0 Å². The number of nitrogens with one attached hydrogen (secondary N) is 2. The van der Waals surface area contributed by atoms with Crippen molar-refractivity contribution < 1.29 is 33.8 Å². The number of hydrogen-bond donors (Lipinski definition) is 4. The van der Waals surface area contributed by atoms with Crippen LogP contribution in [0.15, 0.2) is 38.3 Å². The second-order valence-electron chi connectivity index (χ2n) is 7.79. The van der Waals surface area contributed by atoms with E-state index in [-0.39, 0.29) is 40.0 Å². The standard InChI is InChI=1S/C21H19N5O8S3/c1-8(27)34-4-9-5-36-19-14(18(31)26(19)15(9)20(32)33)25-17(30)13(11-7-37-21(22)23-11)24-16(29)10-6-35-3-2-12(10)28/h2-3,6-7,13-14,19H,4-5H2,1H3,(H2,22,23)(H,24,29)(H,25,30)(H,32,33)/t13?,14-,19-/m1/s1. The number of nitrogens with two attached hydrogens (primary N) is 1. The van der Waals surface area contributed by atoms with E-state index >= 15 is 0 Å². The molecule has 1 fully saturated rings. The summed E-state index contributed by atoms with van der Waals surface area (Å²) < 4.78 is 4.90. The zero-order chi connectivity index (χ0) is 26.9. The highest BCUT2D eigenvalue weighted by atomic mass is 32.2. The Morgan fingerprint density at radius 3 is 2.68 bits per heavy atom. The average molecular weight is 566 g/mol. The molecule has 0 aromatic carbocycles. The molecule has 37 heavy (non-hydrogen) atoms. The van der Waals surface area contributed by atoms with E-state index in [9.17, 15) is 33.9 Å². The third-order valence-corrected chi connectivity index (χ3v) is 8.06. The maximum absolute atomic E-state index is 13.2. The van der Waals surface area contributed by atoms with E-state index in [1.165, 1.54) is 40.9 Å². The van der Waals surface area contributed by atoms with Crippen molar-refractivity contribution in [3.63, 3.8) is 0 Å². The van der Waals surface area contributed by atoms with Gasteiger partial charge in [0.2, 0.25) is 5.91 Å². The van der Waals surface area contributed by atoms with E-state index in [0.29, 0.717) is 0 Å². The number of anilines is 1. The predicted octanol–water partition coefficient (Wildman–Crippen LogP) is -0.0802. The second-order valence-corrected chi connectivity index (χ2v) is 10.6. The molecule has 2 aliphatic rings. The van der Waals surface area contributed by atoms with Gasteiger partial charge in [-0.2, -0.15) is 11.3 Å². The summed E-state index contributed by atoms with van der Waals surface area (Å²) in [5, 5.41) is 18.4. The highest BCUT2D eigenvalue weighted by Gasteiger charge is 2.54. The molecule has 0 bridgehead atoms. The number of carbonyl (C=O) groups is 5. The Bertz CT molecular complexity index is 1390. The van der Waals surface area contributed by atoms with Gasteiger partial charge in [0.05, 0.1) is 11.3 Å². The summed E-state index contributed by atoms with van der Waals surface area (Å²) in [7, 11) is 0. The number of β-lactam (4-membered cyclic amide) rings is 1. The van der Waals surface area contributed by atoms with Gasteiger partial charge in [-0.3, -0.25) is 28.9 Å². The minimum Gasteiger partial charge on any atom is -0.477 e. The maximum atomic E-state index is 13.2. The number of hydrogen-bond acceptors (Lipinski definition) is 12. The number of aromatic nitrogens is 1. The van der Waals surface area contributed by atoms with Crippen LogP contribution >= 0.6 is 34.4 Å². The van der Waals surface area contributed by atoms with Gasteiger partial charge in [-0.25, -0.2) is 9.78 Å². The molecular weight excluding hydrogens is 546 g/mol. The van der Waals surface area contributed by atoms with Crippen LogP contribution in [0.1, 0.15) is 29.0 Å². The van der Waals surface area contributed by atoms with Crippen LogP contribution in [-0.4, -0.2) is 68.4 Å². The fraction of sp³-hybridized carbons (Fsp3) is 0.286. The number of ether oxygens (including phenoxy) is 1. The van der Waals surface area contributed by atoms with Crippen molar-refractivity contribution in [2.24, 2.45) is 0 Å². The minimum atomic E-state index is -1.38. The lowest BCUT2D eigenvalue weighted by atomic mass is 10.0. The fourth-order valence-corrected chi connectivity index (χ4v) is 6.21. The van der Waals surface area contributed by atoms with E-state index in [2.05, 4.69) is 15.6 Å². The second kappa shape index (κ2) is 10.7. The lowest BCUT2D eigenvalue weighted by molar-refractivity contribution is -0.151. The van der Waals surface area contributed by atoms with Gasteiger partial charge < -0.3 is 26.2 Å². The number of thioether (sulfide) groups is 1. The first-order valence-corrected chi connectivity index (χ1v) is 13.4. The molecule has 0 radical (unpaired) electrons. The van der Waals surface area contributed by atoms with Crippen LogP contribution < -0.4 is 21.8 Å². The first-order chi connectivity index (χ1) is 17.6. The molecule has 5 N–H and O–H groups in total. The van der Waals surface area contributed by atoms with E-state index in [0.717, 1.165) is 27.6 Å². The van der Waals surface area contributed by atoms with Crippen molar-refractivity contribution >= 4 is 69.2 Å². The van der Waals surface area contributed by atoms with Gasteiger partial charge in [-0.1, -0.05) is 0 Å². The molecule has 2 aromatic heterocycles. The average Bonchev–Trinajstić information content (AvgIpc) is 3.29. The highest BCUT2D eigenvalue weighted by Crippen LogP contribution is 2.40. The van der Waals surface area contributed by atoms with Crippen LogP contribution in [0.5, 0.6) is 0 Å². The number of aliphatic carboxylic acids is 1. The van der Waals surface area contributed by atoms with Crippen molar-refractivity contribution in [2.75, 3.05) is 18.1 Å². The number of nitrogen functional groups attached to an aromatic ring is 1. The third-order valence-electron chi connectivity index (χ3n) is 5.36. The largest absolute Gasteiger partial charge is 0.477 e. The summed E-state index contributed by atoms with van der Waals surface area (Å²) in [5.41, 5.74) is 5.05. The number of carbonyl (C=O) groups excluding carboxylic acids is 4. The summed E-state index contributed by atoms with van der Waals surface area (Å²) in [4.78, 5) is 79.1. The molecule has 13 nitrogen and oxygen atoms in total. The molecule has 3 amide bonds. The van der Waals surface area contributed by atoms with Gasteiger partial charge in [-0.15, -0.1) is 23.1 Å². The molecule has 1 unspecified atom stereocenters. The number of carboxylic acids is 1. The number of rotatable bonds is 8. The molecule has 0 aliphatic carbocycles. The molecular formula is C21H19N5O8S3. The van der Waals surface area contributed by atoms with Crippen molar-refractivity contribution in [1.29, 1.82) is 0 Å². The number of carboxylic acid groups (broad SMARTS) is 1. The Labute approximate surface area is 220 Å². The Hall–Kier alpha value is -3.76.